The Morgan fingerprint density at radius 1 is 1.19 bits per heavy atom. The summed E-state index contributed by atoms with van der Waals surface area (Å²) in [6, 6.07) is 3.07. The van der Waals surface area contributed by atoms with Crippen molar-refractivity contribution in [3.05, 3.63) is 28.5 Å². The number of halogens is 1. The summed E-state index contributed by atoms with van der Waals surface area (Å²) >= 11 is 6.27. The van der Waals surface area contributed by atoms with E-state index in [1.165, 1.54) is 6.07 Å². The van der Waals surface area contributed by atoms with E-state index >= 15 is 0 Å². The molecule has 0 aliphatic rings. The summed E-state index contributed by atoms with van der Waals surface area (Å²) < 4.78 is 18.1. The minimum absolute atomic E-state index is 0.0263. The maximum absolute atomic E-state index is 12.4. The Labute approximate surface area is 157 Å². The third-order valence-electron chi connectivity index (χ3n) is 3.37. The summed E-state index contributed by atoms with van der Waals surface area (Å²) in [5.74, 6) is 0.787. The van der Waals surface area contributed by atoms with Crippen LogP contribution in [0.25, 0.3) is 0 Å². The van der Waals surface area contributed by atoms with Crippen molar-refractivity contribution in [2.45, 2.75) is 46.8 Å². The lowest BCUT2D eigenvalue weighted by molar-refractivity contribution is 0.0456. The molecule has 0 aliphatic carbocycles. The topological polar surface area (TPSA) is 88.4 Å². The molecule has 0 atom stereocenters. The zero-order valence-electron chi connectivity index (χ0n) is 15.2. The molecule has 9 heteroatoms. The van der Waals surface area contributed by atoms with Crippen LogP contribution in [0.15, 0.2) is 12.1 Å². The van der Waals surface area contributed by atoms with Crippen molar-refractivity contribution in [3.63, 3.8) is 0 Å². The molecule has 0 aliphatic heterocycles. The van der Waals surface area contributed by atoms with E-state index in [0.29, 0.717) is 42.1 Å². The predicted octanol–water partition coefficient (Wildman–Crippen LogP) is 3.28. The fourth-order valence-corrected chi connectivity index (χ4v) is 2.48. The van der Waals surface area contributed by atoms with Gasteiger partial charge in [0, 0.05) is 6.54 Å². The summed E-state index contributed by atoms with van der Waals surface area (Å²) in [6.07, 6.45) is 1.71. The summed E-state index contributed by atoms with van der Waals surface area (Å²) in [4.78, 5) is 12.4. The maximum atomic E-state index is 12.4. The average Bonchev–Trinajstić information content (AvgIpc) is 3.06. The van der Waals surface area contributed by atoms with Crippen LogP contribution in [-0.2, 0) is 17.9 Å². The Morgan fingerprint density at radius 3 is 2.69 bits per heavy atom. The molecule has 1 heterocycles. The van der Waals surface area contributed by atoms with Gasteiger partial charge in [-0.25, -0.2) is 9.48 Å². The molecular weight excluding hydrogens is 360 g/mol. The Bertz CT molecular complexity index is 736. The van der Waals surface area contributed by atoms with Gasteiger partial charge in [-0.1, -0.05) is 25.4 Å². The van der Waals surface area contributed by atoms with Gasteiger partial charge in [-0.2, -0.15) is 0 Å². The van der Waals surface area contributed by atoms with Crippen LogP contribution in [0.1, 0.15) is 49.8 Å². The molecule has 26 heavy (non-hydrogen) atoms. The Morgan fingerprint density at radius 2 is 2.00 bits per heavy atom. The van der Waals surface area contributed by atoms with E-state index in [4.69, 9.17) is 25.8 Å². The zero-order chi connectivity index (χ0) is 18.9. The first-order chi connectivity index (χ1) is 12.6. The highest BCUT2D eigenvalue weighted by atomic mass is 35.5. The molecule has 0 amide bonds. The number of tetrazole rings is 1. The molecule has 1 aromatic heterocycles. The van der Waals surface area contributed by atoms with Crippen molar-refractivity contribution in [2.75, 3.05) is 13.2 Å². The number of benzene rings is 1. The molecule has 0 radical (unpaired) electrons. The first kappa shape index (κ1) is 20.0. The number of rotatable bonds is 10. The van der Waals surface area contributed by atoms with Crippen LogP contribution in [0.2, 0.25) is 5.02 Å². The maximum Gasteiger partial charge on any atom is 0.338 e. The number of hydrogen-bond donors (Lipinski definition) is 0. The van der Waals surface area contributed by atoms with E-state index in [2.05, 4.69) is 15.5 Å². The standard InChI is InChI=1S/C17H23ClN4O4/c1-4-7-22-15(19-20-21-22)11-26-17(23)12-9-13(18)16(25-8-5-2)14(10-12)24-6-3/h9-10H,4-8,11H2,1-3H3. The van der Waals surface area contributed by atoms with Gasteiger partial charge in [0.25, 0.3) is 0 Å². The third kappa shape index (κ3) is 5.08. The predicted molar refractivity (Wildman–Crippen MR) is 95.6 cm³/mol. The number of carbonyl (C=O) groups excluding carboxylic acids is 1. The van der Waals surface area contributed by atoms with Crippen LogP contribution in [0.5, 0.6) is 11.5 Å². The highest BCUT2D eigenvalue weighted by Crippen LogP contribution is 2.37. The fraction of sp³-hybridized carbons (Fsp3) is 0.529. The highest BCUT2D eigenvalue weighted by molar-refractivity contribution is 6.32. The van der Waals surface area contributed by atoms with Gasteiger partial charge in [0.2, 0.25) is 0 Å². The molecule has 2 rings (SSSR count). The van der Waals surface area contributed by atoms with Crippen LogP contribution in [0, 0.1) is 0 Å². The molecule has 0 saturated heterocycles. The lowest BCUT2D eigenvalue weighted by Crippen LogP contribution is -2.11. The zero-order valence-corrected chi connectivity index (χ0v) is 16.0. The van der Waals surface area contributed by atoms with Gasteiger partial charge < -0.3 is 14.2 Å². The monoisotopic (exact) mass is 382 g/mol. The number of carbonyl (C=O) groups is 1. The van der Waals surface area contributed by atoms with Gasteiger partial charge >= 0.3 is 5.97 Å². The first-order valence-electron chi connectivity index (χ1n) is 8.61. The van der Waals surface area contributed by atoms with Gasteiger partial charge in [-0.15, -0.1) is 5.10 Å². The van der Waals surface area contributed by atoms with Gasteiger partial charge in [0.1, 0.15) is 0 Å². The molecule has 8 nitrogen and oxygen atoms in total. The molecule has 2 aromatic rings. The Hall–Kier alpha value is -2.35. The van der Waals surface area contributed by atoms with E-state index in [1.807, 2.05) is 20.8 Å². The van der Waals surface area contributed by atoms with Crippen LogP contribution in [0.4, 0.5) is 0 Å². The lowest BCUT2D eigenvalue weighted by Gasteiger charge is -2.14. The summed E-state index contributed by atoms with van der Waals surface area (Å²) in [7, 11) is 0. The Balaban J connectivity index is 2.13. The summed E-state index contributed by atoms with van der Waals surface area (Å²) in [5.41, 5.74) is 0.275. The van der Waals surface area contributed by atoms with Crippen molar-refractivity contribution >= 4 is 17.6 Å². The Kier molecular flexibility index (Phi) is 7.65. The van der Waals surface area contributed by atoms with Gasteiger partial charge in [-0.3, -0.25) is 0 Å². The number of aromatic nitrogens is 4. The largest absolute Gasteiger partial charge is 0.490 e. The summed E-state index contributed by atoms with van der Waals surface area (Å²) in [6.45, 7) is 7.40. The minimum atomic E-state index is -0.541. The van der Waals surface area contributed by atoms with Crippen LogP contribution in [-0.4, -0.2) is 39.4 Å². The van der Waals surface area contributed by atoms with E-state index in [0.717, 1.165) is 12.8 Å². The lowest BCUT2D eigenvalue weighted by atomic mass is 10.2. The SMILES string of the molecule is CCCOc1c(Cl)cc(C(=O)OCc2nnnn2CCC)cc1OCC. The number of nitrogens with zero attached hydrogens (tertiary/aromatic N) is 4. The van der Waals surface area contributed by atoms with Crippen LogP contribution < -0.4 is 9.47 Å². The fourth-order valence-electron chi connectivity index (χ4n) is 2.22. The van der Waals surface area contributed by atoms with Gasteiger partial charge in [0.05, 0.1) is 23.8 Å². The van der Waals surface area contributed by atoms with Gasteiger partial charge in [-0.05, 0) is 42.3 Å². The third-order valence-corrected chi connectivity index (χ3v) is 3.65. The van der Waals surface area contributed by atoms with Crippen molar-refractivity contribution in [2.24, 2.45) is 0 Å². The minimum Gasteiger partial charge on any atom is -0.490 e. The molecule has 0 N–H and O–H groups in total. The first-order valence-corrected chi connectivity index (χ1v) is 8.99. The molecular formula is C17H23ClN4O4. The highest BCUT2D eigenvalue weighted by Gasteiger charge is 2.18. The summed E-state index contributed by atoms with van der Waals surface area (Å²) in [5, 5.41) is 11.6. The van der Waals surface area contributed by atoms with E-state index in [1.54, 1.807) is 10.7 Å². The number of esters is 1. The van der Waals surface area contributed by atoms with E-state index < -0.39 is 5.97 Å². The molecule has 0 bridgehead atoms. The van der Waals surface area contributed by atoms with Crippen LogP contribution in [0.3, 0.4) is 0 Å². The smallest absolute Gasteiger partial charge is 0.338 e. The second kappa shape index (κ2) is 9.96. The van der Waals surface area contributed by atoms with Crippen molar-refractivity contribution < 1.29 is 19.0 Å². The quantitative estimate of drug-likeness (QED) is 0.582. The second-order valence-electron chi connectivity index (χ2n) is 5.46. The number of hydrogen-bond acceptors (Lipinski definition) is 7. The van der Waals surface area contributed by atoms with Crippen molar-refractivity contribution in [1.29, 1.82) is 0 Å². The van der Waals surface area contributed by atoms with E-state index in [-0.39, 0.29) is 12.2 Å². The van der Waals surface area contributed by atoms with Crippen LogP contribution >= 0.6 is 11.6 Å². The molecule has 142 valence electrons. The molecule has 0 unspecified atom stereocenters. The molecule has 1 aromatic carbocycles. The number of ether oxygens (including phenoxy) is 3. The van der Waals surface area contributed by atoms with Crippen molar-refractivity contribution in [3.8, 4) is 11.5 Å². The number of aryl methyl sites for hydroxylation is 1. The van der Waals surface area contributed by atoms with E-state index in [9.17, 15) is 4.79 Å². The van der Waals surface area contributed by atoms with Gasteiger partial charge in [0.15, 0.2) is 23.9 Å². The average molecular weight is 383 g/mol. The molecule has 0 fully saturated rings. The normalized spacial score (nSPS) is 10.6. The second-order valence-corrected chi connectivity index (χ2v) is 5.87. The van der Waals surface area contributed by atoms with Crippen molar-refractivity contribution in [1.82, 2.24) is 20.2 Å². The molecule has 0 spiro atoms. The molecule has 0 saturated carbocycles.